The second kappa shape index (κ2) is 5.24. The third kappa shape index (κ3) is 3.49. The number of para-hydroxylation sites is 1. The summed E-state index contributed by atoms with van der Waals surface area (Å²) in [5, 5.41) is 9.25. The van der Waals surface area contributed by atoms with Gasteiger partial charge in [-0.2, -0.15) is 0 Å². The van der Waals surface area contributed by atoms with Crippen LogP contribution in [0.5, 0.6) is 5.75 Å². The molecule has 1 rings (SSSR count). The van der Waals surface area contributed by atoms with Gasteiger partial charge in [-0.15, -0.1) is 0 Å². The summed E-state index contributed by atoms with van der Waals surface area (Å²) in [6.45, 7) is 9.84. The summed E-state index contributed by atoms with van der Waals surface area (Å²) >= 11 is 0. The molecule has 3 nitrogen and oxygen atoms in total. The number of ether oxygens (including phenoxy) is 1. The number of hydrogen-bond acceptors (Lipinski definition) is 2. The van der Waals surface area contributed by atoms with Crippen LogP contribution in [0.2, 0.25) is 0 Å². The average Bonchev–Trinajstić information content (AvgIpc) is 2.26. The summed E-state index contributed by atoms with van der Waals surface area (Å²) in [6, 6.07) is 5.95. The first-order valence-electron chi connectivity index (χ1n) is 6.49. The van der Waals surface area contributed by atoms with Crippen LogP contribution in [0.15, 0.2) is 18.2 Å². The molecule has 0 aliphatic heterocycles. The lowest BCUT2D eigenvalue weighted by Gasteiger charge is -2.26. The third-order valence-corrected chi connectivity index (χ3v) is 3.32. The third-order valence-electron chi connectivity index (χ3n) is 3.32. The van der Waals surface area contributed by atoms with E-state index in [0.29, 0.717) is 6.42 Å². The second-order valence-electron chi connectivity index (χ2n) is 6.61. The first-order chi connectivity index (χ1) is 8.59. The normalized spacial score (nSPS) is 12.3. The van der Waals surface area contributed by atoms with Gasteiger partial charge in [-0.25, -0.2) is 0 Å². The van der Waals surface area contributed by atoms with Crippen LogP contribution < -0.4 is 4.74 Å². The molecular weight excluding hydrogens is 240 g/mol. The van der Waals surface area contributed by atoms with Gasteiger partial charge in [0.25, 0.3) is 0 Å². The number of carbonyl (C=O) groups is 1. The minimum Gasteiger partial charge on any atom is -0.496 e. The Morgan fingerprint density at radius 3 is 2.21 bits per heavy atom. The van der Waals surface area contributed by atoms with E-state index in [4.69, 9.17) is 4.74 Å². The molecule has 0 amide bonds. The summed E-state index contributed by atoms with van der Waals surface area (Å²) in [4.78, 5) is 11.3. The summed E-state index contributed by atoms with van der Waals surface area (Å²) < 4.78 is 5.54. The van der Waals surface area contributed by atoms with Crippen LogP contribution in [0.4, 0.5) is 0 Å². The maximum Gasteiger partial charge on any atom is 0.309 e. The van der Waals surface area contributed by atoms with Gasteiger partial charge in [0.05, 0.1) is 12.5 Å². The number of methoxy groups -OCH3 is 1. The van der Waals surface area contributed by atoms with E-state index < -0.39 is 11.4 Å². The fourth-order valence-corrected chi connectivity index (χ4v) is 2.11. The zero-order valence-electron chi connectivity index (χ0n) is 12.7. The zero-order valence-corrected chi connectivity index (χ0v) is 12.7. The van der Waals surface area contributed by atoms with Crippen LogP contribution in [-0.2, 0) is 16.6 Å². The van der Waals surface area contributed by atoms with Crippen molar-refractivity contribution < 1.29 is 14.6 Å². The SMILES string of the molecule is COc1c(CC(C)(C)C(=O)O)cccc1C(C)(C)C. The average molecular weight is 264 g/mol. The van der Waals surface area contributed by atoms with Crippen molar-refractivity contribution in [2.24, 2.45) is 5.41 Å². The lowest BCUT2D eigenvalue weighted by molar-refractivity contribution is -0.146. The smallest absolute Gasteiger partial charge is 0.309 e. The molecule has 0 fully saturated rings. The molecule has 0 spiro atoms. The van der Waals surface area contributed by atoms with Gasteiger partial charge < -0.3 is 9.84 Å². The molecule has 0 atom stereocenters. The van der Waals surface area contributed by atoms with E-state index in [1.165, 1.54) is 0 Å². The summed E-state index contributed by atoms with van der Waals surface area (Å²) in [5.41, 5.74) is 1.22. The maximum atomic E-state index is 11.3. The molecule has 106 valence electrons. The predicted octanol–water partition coefficient (Wildman–Crippen LogP) is 3.65. The van der Waals surface area contributed by atoms with Crippen LogP contribution in [0, 0.1) is 5.41 Å². The van der Waals surface area contributed by atoms with Crippen molar-refractivity contribution in [3.8, 4) is 5.75 Å². The summed E-state index contributed by atoms with van der Waals surface area (Å²) in [7, 11) is 1.64. The second-order valence-corrected chi connectivity index (χ2v) is 6.61. The quantitative estimate of drug-likeness (QED) is 0.903. The zero-order chi connectivity index (χ0) is 14.8. The molecule has 0 saturated heterocycles. The Balaban J connectivity index is 3.27. The van der Waals surface area contributed by atoms with E-state index in [1.54, 1.807) is 21.0 Å². The highest BCUT2D eigenvalue weighted by atomic mass is 16.5. The highest BCUT2D eigenvalue weighted by Crippen LogP contribution is 2.36. The molecule has 0 aliphatic carbocycles. The van der Waals surface area contributed by atoms with Crippen LogP contribution in [0.1, 0.15) is 45.7 Å². The number of rotatable bonds is 4. The molecule has 1 aromatic carbocycles. The van der Waals surface area contributed by atoms with E-state index >= 15 is 0 Å². The predicted molar refractivity (Wildman–Crippen MR) is 76.8 cm³/mol. The Hall–Kier alpha value is -1.51. The van der Waals surface area contributed by atoms with E-state index in [0.717, 1.165) is 16.9 Å². The van der Waals surface area contributed by atoms with Crippen LogP contribution in [0.25, 0.3) is 0 Å². The van der Waals surface area contributed by atoms with Crippen LogP contribution >= 0.6 is 0 Å². The Morgan fingerprint density at radius 1 is 1.21 bits per heavy atom. The van der Waals surface area contributed by atoms with Gasteiger partial charge in [-0.05, 0) is 36.8 Å². The largest absolute Gasteiger partial charge is 0.496 e. The van der Waals surface area contributed by atoms with E-state index in [1.807, 2.05) is 18.2 Å². The molecule has 0 bridgehead atoms. The minimum absolute atomic E-state index is 0.0330. The van der Waals surface area contributed by atoms with Crippen molar-refractivity contribution in [2.75, 3.05) is 7.11 Å². The highest BCUT2D eigenvalue weighted by Gasteiger charge is 2.30. The van der Waals surface area contributed by atoms with Crippen LogP contribution in [0.3, 0.4) is 0 Å². The lowest BCUT2D eigenvalue weighted by Crippen LogP contribution is -2.26. The van der Waals surface area contributed by atoms with Gasteiger partial charge in [0, 0.05) is 0 Å². The Kier molecular flexibility index (Phi) is 4.28. The van der Waals surface area contributed by atoms with Crippen molar-refractivity contribution in [1.29, 1.82) is 0 Å². The first-order valence-corrected chi connectivity index (χ1v) is 6.49. The number of benzene rings is 1. The Morgan fingerprint density at radius 2 is 1.79 bits per heavy atom. The minimum atomic E-state index is -0.802. The number of hydrogen-bond donors (Lipinski definition) is 1. The molecule has 19 heavy (non-hydrogen) atoms. The molecule has 0 saturated carbocycles. The number of carboxylic acids is 1. The van der Waals surface area contributed by atoms with Crippen molar-refractivity contribution in [3.63, 3.8) is 0 Å². The van der Waals surface area contributed by atoms with E-state index in [9.17, 15) is 9.90 Å². The maximum absolute atomic E-state index is 11.3. The molecule has 1 N–H and O–H groups in total. The fourth-order valence-electron chi connectivity index (χ4n) is 2.11. The Bertz CT molecular complexity index is 467. The topological polar surface area (TPSA) is 46.5 Å². The molecule has 0 aromatic heterocycles. The van der Waals surface area contributed by atoms with Gasteiger partial charge >= 0.3 is 5.97 Å². The van der Waals surface area contributed by atoms with Gasteiger partial charge in [0.15, 0.2) is 0 Å². The van der Waals surface area contributed by atoms with Crippen molar-refractivity contribution in [1.82, 2.24) is 0 Å². The summed E-state index contributed by atoms with van der Waals surface area (Å²) in [6.07, 6.45) is 0.454. The summed E-state index contributed by atoms with van der Waals surface area (Å²) in [5.74, 6) is 0.0139. The molecule has 0 unspecified atom stereocenters. The van der Waals surface area contributed by atoms with Crippen molar-refractivity contribution in [2.45, 2.75) is 46.5 Å². The fraction of sp³-hybridized carbons (Fsp3) is 0.562. The van der Waals surface area contributed by atoms with Crippen LogP contribution in [-0.4, -0.2) is 18.2 Å². The van der Waals surface area contributed by atoms with Gasteiger partial charge in [0.1, 0.15) is 5.75 Å². The van der Waals surface area contributed by atoms with Gasteiger partial charge in [0.2, 0.25) is 0 Å². The molecule has 1 aromatic rings. The van der Waals surface area contributed by atoms with Gasteiger partial charge in [-0.3, -0.25) is 4.79 Å². The molecule has 0 aliphatic rings. The molecule has 3 heteroatoms. The Labute approximate surface area is 115 Å². The van der Waals surface area contributed by atoms with Gasteiger partial charge in [-0.1, -0.05) is 39.0 Å². The van der Waals surface area contributed by atoms with Crippen molar-refractivity contribution >= 4 is 5.97 Å². The van der Waals surface area contributed by atoms with Crippen molar-refractivity contribution in [3.05, 3.63) is 29.3 Å². The lowest BCUT2D eigenvalue weighted by atomic mass is 9.81. The standard InChI is InChI=1S/C16H24O3/c1-15(2,3)12-9-7-8-11(13(12)19-6)10-16(4,5)14(17)18/h7-9H,10H2,1-6H3,(H,17,18). The molecule has 0 radical (unpaired) electrons. The molecule has 0 heterocycles. The monoisotopic (exact) mass is 264 g/mol. The number of aliphatic carboxylic acids is 1. The van der Waals surface area contributed by atoms with E-state index in [2.05, 4.69) is 20.8 Å². The molecular formula is C16H24O3. The highest BCUT2D eigenvalue weighted by molar-refractivity contribution is 5.74. The first kappa shape index (κ1) is 15.5. The number of carboxylic acid groups (broad SMARTS) is 1. The van der Waals surface area contributed by atoms with E-state index in [-0.39, 0.29) is 5.41 Å².